The molecule has 3 heteroatoms. The van der Waals surface area contributed by atoms with E-state index in [0.29, 0.717) is 0 Å². The maximum Gasteiger partial charge on any atom is 0.136 e. The second-order valence-electron chi connectivity index (χ2n) is 5.67. The number of anilines is 4. The van der Waals surface area contributed by atoms with Crippen LogP contribution in [0.4, 0.5) is 23.0 Å². The first-order valence-electron chi connectivity index (χ1n) is 7.77. The van der Waals surface area contributed by atoms with Crippen molar-refractivity contribution in [2.45, 2.75) is 20.8 Å². The Hall–Kier alpha value is -2.81. The second kappa shape index (κ2) is 6.53. The minimum absolute atomic E-state index is 0.887. The van der Waals surface area contributed by atoms with Crippen molar-refractivity contribution in [1.82, 2.24) is 4.98 Å². The lowest BCUT2D eigenvalue weighted by molar-refractivity contribution is 1.16. The van der Waals surface area contributed by atoms with Crippen LogP contribution in [0.1, 0.15) is 16.7 Å². The highest BCUT2D eigenvalue weighted by atomic mass is 15.1. The lowest BCUT2D eigenvalue weighted by atomic mass is 10.1. The van der Waals surface area contributed by atoms with Crippen LogP contribution in [0.3, 0.4) is 0 Å². The molecule has 0 saturated heterocycles. The Morgan fingerprint density at radius 3 is 1.35 bits per heavy atom. The van der Waals surface area contributed by atoms with Gasteiger partial charge in [0, 0.05) is 11.4 Å². The smallest absolute Gasteiger partial charge is 0.136 e. The summed E-state index contributed by atoms with van der Waals surface area (Å²) >= 11 is 0. The molecule has 1 heterocycles. The van der Waals surface area contributed by atoms with Gasteiger partial charge in [-0.2, -0.15) is 0 Å². The molecular weight excluding hydrogens is 282 g/mol. The van der Waals surface area contributed by atoms with Gasteiger partial charge in [-0.05, 0) is 61.7 Å². The summed E-state index contributed by atoms with van der Waals surface area (Å²) in [5.41, 5.74) is 5.67. The van der Waals surface area contributed by atoms with Gasteiger partial charge in [0.25, 0.3) is 0 Å². The van der Waals surface area contributed by atoms with Crippen LogP contribution in [0.15, 0.2) is 60.7 Å². The van der Waals surface area contributed by atoms with Crippen molar-refractivity contribution < 1.29 is 0 Å². The van der Waals surface area contributed by atoms with Crippen molar-refractivity contribution in [3.63, 3.8) is 0 Å². The monoisotopic (exact) mass is 303 g/mol. The van der Waals surface area contributed by atoms with Crippen molar-refractivity contribution in [2.75, 3.05) is 10.6 Å². The molecule has 1 aromatic heterocycles. The van der Waals surface area contributed by atoms with Gasteiger partial charge < -0.3 is 10.6 Å². The fourth-order valence-electron chi connectivity index (χ4n) is 2.48. The Kier molecular flexibility index (Phi) is 4.29. The van der Waals surface area contributed by atoms with Gasteiger partial charge in [0.1, 0.15) is 11.6 Å². The van der Waals surface area contributed by atoms with E-state index in [1.165, 1.54) is 16.7 Å². The van der Waals surface area contributed by atoms with E-state index < -0.39 is 0 Å². The Balaban J connectivity index is 1.97. The van der Waals surface area contributed by atoms with E-state index >= 15 is 0 Å². The average Bonchev–Trinajstić information content (AvgIpc) is 2.59. The largest absolute Gasteiger partial charge is 0.340 e. The second-order valence-corrected chi connectivity index (χ2v) is 5.67. The lowest BCUT2D eigenvalue weighted by Gasteiger charge is -2.17. The Bertz CT molecular complexity index is 730. The van der Waals surface area contributed by atoms with Crippen LogP contribution in [-0.4, -0.2) is 4.98 Å². The zero-order valence-corrected chi connectivity index (χ0v) is 13.7. The normalized spacial score (nSPS) is 10.4. The summed E-state index contributed by atoms with van der Waals surface area (Å²) in [6.45, 7) is 6.35. The first-order chi connectivity index (χ1) is 11.1. The quantitative estimate of drug-likeness (QED) is 0.668. The molecule has 0 spiro atoms. The van der Waals surface area contributed by atoms with Crippen LogP contribution in [0.5, 0.6) is 0 Å². The highest BCUT2D eigenvalue weighted by molar-refractivity contribution is 5.68. The average molecular weight is 303 g/mol. The SMILES string of the molecule is Cc1c(Nc2ccccc2)nc(Nc2ccccc2)c(C)c1C. The summed E-state index contributed by atoms with van der Waals surface area (Å²) in [6, 6.07) is 20.2. The Morgan fingerprint density at radius 1 is 0.565 bits per heavy atom. The van der Waals surface area contributed by atoms with E-state index in [2.05, 4.69) is 31.4 Å². The minimum atomic E-state index is 0.887. The zero-order chi connectivity index (χ0) is 16.2. The number of benzene rings is 2. The molecule has 0 aliphatic carbocycles. The molecule has 3 aromatic rings. The minimum Gasteiger partial charge on any atom is -0.340 e. The van der Waals surface area contributed by atoms with Gasteiger partial charge in [0.15, 0.2) is 0 Å². The van der Waals surface area contributed by atoms with Gasteiger partial charge in [-0.25, -0.2) is 4.98 Å². The maximum atomic E-state index is 4.80. The van der Waals surface area contributed by atoms with E-state index in [1.807, 2.05) is 60.7 Å². The molecule has 3 nitrogen and oxygen atoms in total. The number of para-hydroxylation sites is 2. The fourth-order valence-corrected chi connectivity index (χ4v) is 2.48. The number of hydrogen-bond donors (Lipinski definition) is 2. The van der Waals surface area contributed by atoms with E-state index in [-0.39, 0.29) is 0 Å². The summed E-state index contributed by atoms with van der Waals surface area (Å²) < 4.78 is 0. The summed E-state index contributed by atoms with van der Waals surface area (Å²) in [6.07, 6.45) is 0. The number of pyridine rings is 1. The van der Waals surface area contributed by atoms with Crippen molar-refractivity contribution >= 4 is 23.0 Å². The van der Waals surface area contributed by atoms with Crippen LogP contribution in [0.25, 0.3) is 0 Å². The molecule has 23 heavy (non-hydrogen) atoms. The summed E-state index contributed by atoms with van der Waals surface area (Å²) in [5.74, 6) is 1.77. The predicted octanol–water partition coefficient (Wildman–Crippen LogP) is 5.49. The number of nitrogens with one attached hydrogen (secondary N) is 2. The van der Waals surface area contributed by atoms with Gasteiger partial charge in [0.2, 0.25) is 0 Å². The topological polar surface area (TPSA) is 37.0 Å². The molecule has 0 radical (unpaired) electrons. The summed E-state index contributed by atoms with van der Waals surface area (Å²) in [7, 11) is 0. The van der Waals surface area contributed by atoms with Gasteiger partial charge in [-0.1, -0.05) is 36.4 Å². The number of aromatic nitrogens is 1. The molecular formula is C20H21N3. The Labute approximate surface area is 137 Å². The van der Waals surface area contributed by atoms with E-state index in [0.717, 1.165) is 23.0 Å². The zero-order valence-electron chi connectivity index (χ0n) is 13.7. The molecule has 2 N–H and O–H groups in total. The summed E-state index contributed by atoms with van der Waals surface area (Å²) in [5, 5.41) is 6.83. The van der Waals surface area contributed by atoms with Crippen LogP contribution < -0.4 is 10.6 Å². The first kappa shape index (κ1) is 15.1. The maximum absolute atomic E-state index is 4.80. The Morgan fingerprint density at radius 2 is 0.957 bits per heavy atom. The molecule has 0 aliphatic heterocycles. The number of nitrogens with zero attached hydrogens (tertiary/aromatic N) is 1. The van der Waals surface area contributed by atoms with E-state index in [4.69, 9.17) is 4.98 Å². The molecule has 0 fully saturated rings. The molecule has 3 rings (SSSR count). The van der Waals surface area contributed by atoms with Gasteiger partial charge in [-0.15, -0.1) is 0 Å². The highest BCUT2D eigenvalue weighted by Gasteiger charge is 2.11. The van der Waals surface area contributed by atoms with Crippen LogP contribution >= 0.6 is 0 Å². The van der Waals surface area contributed by atoms with Crippen molar-refractivity contribution in [1.29, 1.82) is 0 Å². The molecule has 0 aliphatic rings. The van der Waals surface area contributed by atoms with Crippen LogP contribution in [-0.2, 0) is 0 Å². The number of rotatable bonds is 4. The van der Waals surface area contributed by atoms with E-state index in [1.54, 1.807) is 0 Å². The van der Waals surface area contributed by atoms with Crippen molar-refractivity contribution in [2.24, 2.45) is 0 Å². The molecule has 0 atom stereocenters. The highest BCUT2D eigenvalue weighted by Crippen LogP contribution is 2.29. The third kappa shape index (κ3) is 3.34. The predicted molar refractivity (Wildman–Crippen MR) is 97.9 cm³/mol. The van der Waals surface area contributed by atoms with Crippen LogP contribution in [0, 0.1) is 20.8 Å². The molecule has 2 aromatic carbocycles. The van der Waals surface area contributed by atoms with Crippen molar-refractivity contribution in [3.8, 4) is 0 Å². The summed E-state index contributed by atoms with van der Waals surface area (Å²) in [4.78, 5) is 4.80. The van der Waals surface area contributed by atoms with Gasteiger partial charge >= 0.3 is 0 Å². The molecule has 116 valence electrons. The standard InChI is InChI=1S/C20H21N3/c1-14-15(2)19(21-17-10-6-4-7-11-17)23-20(16(14)3)22-18-12-8-5-9-13-18/h4-13H,1-3H3,(H2,21,22,23). The fraction of sp³-hybridized carbons (Fsp3) is 0.150. The third-order valence-corrected chi connectivity index (χ3v) is 4.13. The molecule has 0 bridgehead atoms. The molecule has 0 saturated carbocycles. The van der Waals surface area contributed by atoms with Gasteiger partial charge in [-0.3, -0.25) is 0 Å². The molecule has 0 amide bonds. The lowest BCUT2D eigenvalue weighted by Crippen LogP contribution is -2.05. The first-order valence-corrected chi connectivity index (χ1v) is 7.77. The third-order valence-electron chi connectivity index (χ3n) is 4.13. The van der Waals surface area contributed by atoms with Crippen molar-refractivity contribution in [3.05, 3.63) is 77.4 Å². The van der Waals surface area contributed by atoms with Gasteiger partial charge in [0.05, 0.1) is 0 Å². The number of hydrogen-bond acceptors (Lipinski definition) is 3. The van der Waals surface area contributed by atoms with E-state index in [9.17, 15) is 0 Å². The molecule has 0 unspecified atom stereocenters. The van der Waals surface area contributed by atoms with Crippen LogP contribution in [0.2, 0.25) is 0 Å².